The summed E-state index contributed by atoms with van der Waals surface area (Å²) in [5, 5.41) is 24.5. The number of phenolic OH excluding ortho intramolecular Hbond substituents is 2. The lowest BCUT2D eigenvalue weighted by Gasteiger charge is -2.09. The molecular formula is C21H19NO4. The van der Waals surface area contributed by atoms with Crippen LogP contribution in [0.4, 0.5) is 0 Å². The maximum Gasteiger partial charge on any atom is 0.178 e. The third-order valence-corrected chi connectivity index (χ3v) is 4.14. The van der Waals surface area contributed by atoms with E-state index < -0.39 is 0 Å². The number of methoxy groups -OCH3 is 1. The van der Waals surface area contributed by atoms with Crippen LogP contribution in [-0.4, -0.2) is 22.5 Å². The van der Waals surface area contributed by atoms with E-state index in [2.05, 4.69) is 17.0 Å². The van der Waals surface area contributed by atoms with E-state index in [4.69, 9.17) is 9.26 Å². The summed E-state index contributed by atoms with van der Waals surface area (Å²) in [6, 6.07) is 10.5. The molecule has 0 fully saturated rings. The van der Waals surface area contributed by atoms with Crippen molar-refractivity contribution in [3.05, 3.63) is 47.7 Å². The molecule has 0 aliphatic heterocycles. The van der Waals surface area contributed by atoms with Crippen molar-refractivity contribution >= 4 is 0 Å². The Morgan fingerprint density at radius 2 is 1.85 bits per heavy atom. The van der Waals surface area contributed by atoms with E-state index in [1.165, 1.54) is 6.07 Å². The summed E-state index contributed by atoms with van der Waals surface area (Å²) in [6.07, 6.45) is 0.376. The second kappa shape index (κ2) is 7.24. The van der Waals surface area contributed by atoms with Gasteiger partial charge in [-0.2, -0.15) is 0 Å². The largest absolute Gasteiger partial charge is 0.507 e. The Kier molecular flexibility index (Phi) is 4.85. The highest BCUT2D eigenvalue weighted by atomic mass is 16.5. The second-order valence-electron chi connectivity index (χ2n) is 5.80. The monoisotopic (exact) mass is 349 g/mol. The quantitative estimate of drug-likeness (QED) is 0.687. The summed E-state index contributed by atoms with van der Waals surface area (Å²) in [5.74, 6) is 6.82. The maximum absolute atomic E-state index is 10.4. The Balaban J connectivity index is 2.14. The predicted molar refractivity (Wildman–Crippen MR) is 99.1 cm³/mol. The molecule has 0 saturated heterocycles. The minimum Gasteiger partial charge on any atom is -0.507 e. The Hall–Kier alpha value is -3.39. The molecule has 0 spiro atoms. The van der Waals surface area contributed by atoms with Crippen LogP contribution in [0.2, 0.25) is 0 Å². The van der Waals surface area contributed by atoms with Crippen LogP contribution >= 0.6 is 0 Å². The summed E-state index contributed by atoms with van der Waals surface area (Å²) in [4.78, 5) is 0. The predicted octanol–water partition coefficient (Wildman–Crippen LogP) is 4.30. The number of aryl methyl sites for hydroxylation is 1. The molecule has 0 unspecified atom stereocenters. The third kappa shape index (κ3) is 3.22. The summed E-state index contributed by atoms with van der Waals surface area (Å²) in [6.45, 7) is 3.58. The lowest BCUT2D eigenvalue weighted by molar-refractivity contribution is 0.415. The number of hydrogen-bond donors (Lipinski definition) is 2. The molecule has 132 valence electrons. The van der Waals surface area contributed by atoms with E-state index in [-0.39, 0.29) is 11.5 Å². The number of hydrogen-bond acceptors (Lipinski definition) is 5. The van der Waals surface area contributed by atoms with Gasteiger partial charge in [0.05, 0.1) is 23.9 Å². The fraction of sp³-hybridized carbons (Fsp3) is 0.190. The summed E-state index contributed by atoms with van der Waals surface area (Å²) >= 11 is 0. The Morgan fingerprint density at radius 3 is 2.50 bits per heavy atom. The normalized spacial score (nSPS) is 10.3. The minimum atomic E-state index is -0.0818. The van der Waals surface area contributed by atoms with Crippen LogP contribution in [-0.2, 0) is 6.42 Å². The zero-order chi connectivity index (χ0) is 18.7. The molecule has 0 atom stereocenters. The van der Waals surface area contributed by atoms with Crippen LogP contribution in [0.5, 0.6) is 17.2 Å². The first-order valence-corrected chi connectivity index (χ1v) is 8.10. The Bertz CT molecular complexity index is 991. The van der Waals surface area contributed by atoms with Crippen molar-refractivity contribution in [2.45, 2.75) is 20.3 Å². The molecule has 3 aromatic rings. The van der Waals surface area contributed by atoms with Gasteiger partial charge in [-0.3, -0.25) is 0 Å². The molecule has 0 amide bonds. The molecule has 0 saturated carbocycles. The minimum absolute atomic E-state index is 0.00349. The lowest BCUT2D eigenvalue weighted by atomic mass is 9.97. The number of ether oxygens (including phenoxy) is 1. The van der Waals surface area contributed by atoms with Crippen LogP contribution < -0.4 is 4.74 Å². The van der Waals surface area contributed by atoms with E-state index in [1.54, 1.807) is 20.1 Å². The first kappa shape index (κ1) is 17.4. The van der Waals surface area contributed by atoms with Crippen molar-refractivity contribution in [1.82, 2.24) is 5.16 Å². The van der Waals surface area contributed by atoms with E-state index in [0.717, 1.165) is 16.9 Å². The topological polar surface area (TPSA) is 75.7 Å². The second-order valence-corrected chi connectivity index (χ2v) is 5.80. The van der Waals surface area contributed by atoms with Gasteiger partial charge >= 0.3 is 0 Å². The Labute approximate surface area is 151 Å². The fourth-order valence-electron chi connectivity index (χ4n) is 2.78. The lowest BCUT2D eigenvalue weighted by Crippen LogP contribution is -1.89. The Morgan fingerprint density at radius 1 is 1.12 bits per heavy atom. The van der Waals surface area contributed by atoms with Crippen LogP contribution in [0, 0.1) is 18.8 Å². The fourth-order valence-corrected chi connectivity index (χ4v) is 2.78. The van der Waals surface area contributed by atoms with Crippen LogP contribution in [0.15, 0.2) is 40.9 Å². The highest BCUT2D eigenvalue weighted by Gasteiger charge is 2.21. The molecular weight excluding hydrogens is 330 g/mol. The molecule has 1 aromatic heterocycles. The molecule has 0 radical (unpaired) electrons. The standard InChI is InChI=1S/C21H19NO4/c1-4-5-6-15-11-17(19(24)12-18(15)23)21-20(13(2)22-26-21)14-7-9-16(25-3)10-8-14/h7-12,23-24H,6H2,1-3H3. The maximum atomic E-state index is 10.4. The van der Waals surface area contributed by atoms with Crippen LogP contribution in [0.3, 0.4) is 0 Å². The van der Waals surface area contributed by atoms with Crippen molar-refractivity contribution in [2.24, 2.45) is 0 Å². The van der Waals surface area contributed by atoms with Gasteiger partial charge in [0.1, 0.15) is 17.2 Å². The number of aromatic nitrogens is 1. The van der Waals surface area contributed by atoms with Gasteiger partial charge < -0.3 is 19.5 Å². The molecule has 26 heavy (non-hydrogen) atoms. The van der Waals surface area contributed by atoms with Crippen molar-refractivity contribution in [1.29, 1.82) is 0 Å². The molecule has 1 heterocycles. The zero-order valence-electron chi connectivity index (χ0n) is 14.8. The molecule has 5 heteroatoms. The van der Waals surface area contributed by atoms with Crippen molar-refractivity contribution < 1.29 is 19.5 Å². The smallest absolute Gasteiger partial charge is 0.178 e. The van der Waals surface area contributed by atoms with Crippen LogP contribution in [0.25, 0.3) is 22.5 Å². The van der Waals surface area contributed by atoms with Gasteiger partial charge in [0.15, 0.2) is 5.76 Å². The number of benzene rings is 2. The van der Waals surface area contributed by atoms with Gasteiger partial charge in [0.2, 0.25) is 0 Å². The van der Waals surface area contributed by atoms with E-state index in [0.29, 0.717) is 29.0 Å². The highest BCUT2D eigenvalue weighted by Crippen LogP contribution is 2.41. The van der Waals surface area contributed by atoms with Gasteiger partial charge in [0, 0.05) is 18.1 Å². The molecule has 0 bridgehead atoms. The number of aromatic hydroxyl groups is 2. The number of nitrogens with zero attached hydrogens (tertiary/aromatic N) is 1. The van der Waals surface area contributed by atoms with Gasteiger partial charge in [-0.25, -0.2) is 0 Å². The zero-order valence-corrected chi connectivity index (χ0v) is 14.8. The molecule has 3 rings (SSSR count). The van der Waals surface area contributed by atoms with Crippen molar-refractivity contribution in [3.63, 3.8) is 0 Å². The molecule has 2 aromatic carbocycles. The molecule has 5 nitrogen and oxygen atoms in total. The summed E-state index contributed by atoms with van der Waals surface area (Å²) in [7, 11) is 1.61. The summed E-state index contributed by atoms with van der Waals surface area (Å²) in [5.41, 5.74) is 3.44. The van der Waals surface area contributed by atoms with E-state index >= 15 is 0 Å². The number of phenols is 2. The van der Waals surface area contributed by atoms with Crippen LogP contribution in [0.1, 0.15) is 18.2 Å². The van der Waals surface area contributed by atoms with Crippen molar-refractivity contribution in [3.8, 4) is 51.5 Å². The molecule has 2 N–H and O–H groups in total. The van der Waals surface area contributed by atoms with Crippen molar-refractivity contribution in [2.75, 3.05) is 7.11 Å². The number of rotatable bonds is 4. The first-order valence-electron chi connectivity index (χ1n) is 8.10. The SMILES string of the molecule is CC#CCc1cc(-c2onc(C)c2-c2ccc(OC)cc2)c(O)cc1O. The highest BCUT2D eigenvalue weighted by molar-refractivity contribution is 5.84. The summed E-state index contributed by atoms with van der Waals surface area (Å²) < 4.78 is 10.7. The van der Waals surface area contributed by atoms with Gasteiger partial charge in [-0.1, -0.05) is 23.2 Å². The molecule has 0 aliphatic carbocycles. The van der Waals surface area contributed by atoms with E-state index in [1.807, 2.05) is 31.2 Å². The van der Waals surface area contributed by atoms with Gasteiger partial charge in [-0.15, -0.1) is 5.92 Å². The molecule has 0 aliphatic rings. The van der Waals surface area contributed by atoms with Gasteiger partial charge in [0.25, 0.3) is 0 Å². The third-order valence-electron chi connectivity index (χ3n) is 4.14. The van der Waals surface area contributed by atoms with E-state index in [9.17, 15) is 10.2 Å². The average Bonchev–Trinajstić information content (AvgIpc) is 3.02. The average molecular weight is 349 g/mol. The van der Waals surface area contributed by atoms with Gasteiger partial charge in [-0.05, 0) is 37.6 Å². The first-order chi connectivity index (χ1) is 12.5.